The Labute approximate surface area is 107 Å². The highest BCUT2D eigenvalue weighted by molar-refractivity contribution is 5.77. The number of rotatable bonds is 2. The minimum atomic E-state index is -0.121. The van der Waals surface area contributed by atoms with Gasteiger partial charge in [0.2, 0.25) is 5.91 Å². The van der Waals surface area contributed by atoms with E-state index in [-0.39, 0.29) is 17.4 Å². The average molecular weight is 251 g/mol. The van der Waals surface area contributed by atoms with E-state index in [1.807, 2.05) is 9.47 Å². The predicted molar refractivity (Wildman–Crippen MR) is 67.5 cm³/mol. The highest BCUT2D eigenvalue weighted by Crippen LogP contribution is 2.21. The van der Waals surface area contributed by atoms with Gasteiger partial charge in [-0.05, 0) is 5.41 Å². The molecule has 100 valence electrons. The maximum Gasteiger partial charge on any atom is 0.224 e. The number of nitrogens with zero attached hydrogens (tertiary/aromatic N) is 4. The topological polar surface area (TPSA) is 77.0 Å². The van der Waals surface area contributed by atoms with Crippen LogP contribution in [0.1, 0.15) is 33.0 Å². The van der Waals surface area contributed by atoms with Crippen LogP contribution in [0.15, 0.2) is 6.33 Å². The van der Waals surface area contributed by atoms with Crippen molar-refractivity contribution in [3.63, 3.8) is 0 Å². The van der Waals surface area contributed by atoms with Gasteiger partial charge in [0.05, 0.1) is 6.54 Å². The second-order valence-electron chi connectivity index (χ2n) is 5.93. The Bertz CT molecular complexity index is 434. The summed E-state index contributed by atoms with van der Waals surface area (Å²) in [5.41, 5.74) is 6.00. The van der Waals surface area contributed by atoms with Crippen molar-refractivity contribution in [2.24, 2.45) is 11.1 Å². The van der Waals surface area contributed by atoms with E-state index in [9.17, 15) is 4.79 Å². The number of nitrogens with two attached hydrogens (primary N) is 1. The maximum atomic E-state index is 12.2. The zero-order valence-corrected chi connectivity index (χ0v) is 11.3. The lowest BCUT2D eigenvalue weighted by Gasteiger charge is -2.31. The summed E-state index contributed by atoms with van der Waals surface area (Å²) < 4.78 is 1.98. The second kappa shape index (κ2) is 4.68. The molecule has 0 aliphatic carbocycles. The third kappa shape index (κ3) is 2.69. The summed E-state index contributed by atoms with van der Waals surface area (Å²) in [6, 6.07) is -0.121. The zero-order chi connectivity index (χ0) is 13.3. The Morgan fingerprint density at radius 3 is 2.89 bits per heavy atom. The molecule has 1 aromatic rings. The van der Waals surface area contributed by atoms with Crippen molar-refractivity contribution < 1.29 is 4.79 Å². The van der Waals surface area contributed by atoms with Crippen molar-refractivity contribution in [2.75, 3.05) is 6.54 Å². The summed E-state index contributed by atoms with van der Waals surface area (Å²) in [5, 5.41) is 7.85. The van der Waals surface area contributed by atoms with Crippen LogP contribution in [-0.4, -0.2) is 38.2 Å². The number of hydrogen-bond donors (Lipinski definition) is 1. The van der Waals surface area contributed by atoms with Crippen LogP contribution in [0, 0.1) is 5.41 Å². The van der Waals surface area contributed by atoms with Gasteiger partial charge < -0.3 is 15.2 Å². The molecule has 1 amide bonds. The molecule has 2 heterocycles. The summed E-state index contributed by atoms with van der Waals surface area (Å²) in [7, 11) is 0. The molecule has 1 aromatic heterocycles. The lowest BCUT2D eigenvalue weighted by atomic mass is 9.85. The van der Waals surface area contributed by atoms with Crippen LogP contribution < -0.4 is 5.73 Å². The van der Waals surface area contributed by atoms with Crippen molar-refractivity contribution in [1.82, 2.24) is 19.7 Å². The summed E-state index contributed by atoms with van der Waals surface area (Å²) in [5.74, 6) is 0.950. The van der Waals surface area contributed by atoms with Gasteiger partial charge in [-0.3, -0.25) is 4.79 Å². The monoisotopic (exact) mass is 251 g/mol. The van der Waals surface area contributed by atoms with Crippen LogP contribution in [0.3, 0.4) is 0 Å². The van der Waals surface area contributed by atoms with E-state index in [2.05, 4.69) is 31.0 Å². The van der Waals surface area contributed by atoms with Crippen LogP contribution in [0.25, 0.3) is 0 Å². The lowest BCUT2D eigenvalue weighted by molar-refractivity contribution is -0.133. The largest absolute Gasteiger partial charge is 0.333 e. The Morgan fingerprint density at radius 2 is 2.22 bits per heavy atom. The molecule has 2 rings (SSSR count). The highest BCUT2D eigenvalue weighted by atomic mass is 16.2. The number of fused-ring (bicyclic) bond motifs is 1. The summed E-state index contributed by atoms with van der Waals surface area (Å²) in [4.78, 5) is 14.0. The Balaban J connectivity index is 1.96. The molecule has 1 unspecified atom stereocenters. The lowest BCUT2D eigenvalue weighted by Crippen LogP contribution is -2.44. The van der Waals surface area contributed by atoms with Gasteiger partial charge >= 0.3 is 0 Å². The Hall–Kier alpha value is -1.43. The van der Waals surface area contributed by atoms with Crippen molar-refractivity contribution in [3.05, 3.63) is 12.2 Å². The highest BCUT2D eigenvalue weighted by Gasteiger charge is 2.27. The zero-order valence-electron chi connectivity index (χ0n) is 11.3. The molecule has 0 radical (unpaired) electrons. The normalized spacial score (nSPS) is 17.4. The van der Waals surface area contributed by atoms with E-state index in [0.717, 1.165) is 12.4 Å². The van der Waals surface area contributed by atoms with Crippen LogP contribution in [0.5, 0.6) is 0 Å². The third-order valence-electron chi connectivity index (χ3n) is 3.50. The van der Waals surface area contributed by atoms with Gasteiger partial charge in [-0.2, -0.15) is 0 Å². The third-order valence-corrected chi connectivity index (χ3v) is 3.50. The fourth-order valence-corrected chi connectivity index (χ4v) is 1.90. The molecule has 0 fully saturated rings. The minimum absolute atomic E-state index is 0.0501. The predicted octanol–water partition coefficient (Wildman–Crippen LogP) is 0.384. The molecule has 2 N–H and O–H groups in total. The van der Waals surface area contributed by atoms with Crippen LogP contribution in [0.4, 0.5) is 0 Å². The SMILES string of the molecule is CC(C)(C)C(N)CC(=O)N1CCn2cnnc2C1. The minimum Gasteiger partial charge on any atom is -0.333 e. The smallest absolute Gasteiger partial charge is 0.224 e. The molecule has 1 atom stereocenters. The molecule has 1 aliphatic heterocycles. The van der Waals surface area contributed by atoms with Gasteiger partial charge in [0.15, 0.2) is 5.82 Å². The number of carbonyl (C=O) groups excluding carboxylic acids is 1. The number of amides is 1. The molecular weight excluding hydrogens is 230 g/mol. The molecule has 0 spiro atoms. The molecule has 0 bridgehead atoms. The van der Waals surface area contributed by atoms with Crippen LogP contribution in [0.2, 0.25) is 0 Å². The van der Waals surface area contributed by atoms with Gasteiger partial charge in [-0.15, -0.1) is 10.2 Å². The standard InChI is InChI=1S/C12H21N5O/c1-12(2,3)9(13)6-11(18)16-4-5-17-8-14-15-10(17)7-16/h8-9H,4-7,13H2,1-3H3. The first-order valence-electron chi connectivity index (χ1n) is 6.28. The van der Waals surface area contributed by atoms with Gasteiger partial charge in [0.25, 0.3) is 0 Å². The van der Waals surface area contributed by atoms with Crippen molar-refractivity contribution in [2.45, 2.75) is 46.3 Å². The van der Waals surface area contributed by atoms with E-state index in [1.54, 1.807) is 6.33 Å². The Kier molecular flexibility index (Phi) is 3.38. The first-order chi connectivity index (χ1) is 8.38. The van der Waals surface area contributed by atoms with Crippen molar-refractivity contribution in [1.29, 1.82) is 0 Å². The average Bonchev–Trinajstić information content (AvgIpc) is 2.74. The van der Waals surface area contributed by atoms with Gasteiger partial charge in [-0.25, -0.2) is 0 Å². The van der Waals surface area contributed by atoms with Gasteiger partial charge in [0, 0.05) is 25.6 Å². The van der Waals surface area contributed by atoms with E-state index in [0.29, 0.717) is 19.5 Å². The van der Waals surface area contributed by atoms with Crippen LogP contribution in [-0.2, 0) is 17.9 Å². The molecule has 18 heavy (non-hydrogen) atoms. The fraction of sp³-hybridized carbons (Fsp3) is 0.750. The van der Waals surface area contributed by atoms with Crippen molar-refractivity contribution in [3.8, 4) is 0 Å². The molecule has 6 heteroatoms. The van der Waals surface area contributed by atoms with E-state index in [4.69, 9.17) is 5.73 Å². The molecular formula is C12H21N5O. The van der Waals surface area contributed by atoms with E-state index >= 15 is 0 Å². The van der Waals surface area contributed by atoms with Crippen molar-refractivity contribution >= 4 is 5.91 Å². The number of carbonyl (C=O) groups is 1. The molecule has 6 nitrogen and oxygen atoms in total. The van der Waals surface area contributed by atoms with Gasteiger partial charge in [0.1, 0.15) is 6.33 Å². The van der Waals surface area contributed by atoms with Gasteiger partial charge in [-0.1, -0.05) is 20.8 Å². The second-order valence-corrected chi connectivity index (χ2v) is 5.93. The maximum absolute atomic E-state index is 12.2. The molecule has 0 aromatic carbocycles. The number of hydrogen-bond acceptors (Lipinski definition) is 4. The first-order valence-corrected chi connectivity index (χ1v) is 6.28. The van der Waals surface area contributed by atoms with E-state index in [1.165, 1.54) is 0 Å². The van der Waals surface area contributed by atoms with E-state index < -0.39 is 0 Å². The molecule has 0 saturated heterocycles. The molecule has 1 aliphatic rings. The van der Waals surface area contributed by atoms with Crippen LogP contribution >= 0.6 is 0 Å². The summed E-state index contributed by atoms with van der Waals surface area (Å²) in [6.45, 7) is 8.17. The summed E-state index contributed by atoms with van der Waals surface area (Å²) >= 11 is 0. The molecule has 0 saturated carbocycles. The fourth-order valence-electron chi connectivity index (χ4n) is 1.90. The quantitative estimate of drug-likeness (QED) is 0.824. The summed E-state index contributed by atoms with van der Waals surface area (Å²) in [6.07, 6.45) is 2.09. The first kappa shape index (κ1) is 13.0. The Morgan fingerprint density at radius 1 is 1.50 bits per heavy atom. The number of aromatic nitrogens is 3.